The first-order chi connectivity index (χ1) is 40.5. The molecule has 19 heteroatoms. The third kappa shape index (κ3) is 59.0. The minimum atomic E-state index is -4.94. The maximum absolute atomic E-state index is 13.0. The predicted molar refractivity (Wildman–Crippen MR) is 335 cm³/mol. The SMILES string of the molecule is CCCCCCCCCCCCCCCCCC(=O)OC[C@H](COP(=O)(O)OC[C@@H](O)COP(=O)(O)OC[C@@H](COC(=O)CCCCCCC)OC(=O)CCCCCCCCCC)OC(=O)CCCCCCCCCCCCCCCC(C)C. The molecule has 0 amide bonds. The van der Waals surface area contributed by atoms with Gasteiger partial charge in [-0.2, -0.15) is 0 Å². The van der Waals surface area contributed by atoms with Gasteiger partial charge in [-0.3, -0.25) is 37.3 Å². The molecular weight excluding hydrogens is 1110 g/mol. The van der Waals surface area contributed by atoms with Crippen LogP contribution in [0.4, 0.5) is 0 Å². The van der Waals surface area contributed by atoms with Crippen molar-refractivity contribution in [3.8, 4) is 0 Å². The van der Waals surface area contributed by atoms with E-state index in [1.807, 2.05) is 0 Å². The summed E-state index contributed by atoms with van der Waals surface area (Å²) >= 11 is 0. The highest BCUT2D eigenvalue weighted by atomic mass is 31.2. The van der Waals surface area contributed by atoms with E-state index in [1.165, 1.54) is 141 Å². The van der Waals surface area contributed by atoms with Crippen LogP contribution in [0.1, 0.15) is 330 Å². The second-order valence-corrected chi connectivity index (χ2v) is 26.9. The topological polar surface area (TPSA) is 237 Å². The molecule has 498 valence electrons. The quantitative estimate of drug-likeness (QED) is 0.0222. The number of ether oxygens (including phenoxy) is 4. The Morgan fingerprint density at radius 2 is 0.548 bits per heavy atom. The zero-order chi connectivity index (χ0) is 62.0. The highest BCUT2D eigenvalue weighted by Gasteiger charge is 2.30. The summed E-state index contributed by atoms with van der Waals surface area (Å²) in [7, 11) is -9.88. The molecule has 0 aliphatic rings. The van der Waals surface area contributed by atoms with Crippen molar-refractivity contribution in [2.24, 2.45) is 5.92 Å². The third-order valence-electron chi connectivity index (χ3n) is 15.0. The van der Waals surface area contributed by atoms with E-state index >= 15 is 0 Å². The summed E-state index contributed by atoms with van der Waals surface area (Å²) in [6.07, 6.45) is 43.5. The Morgan fingerprint density at radius 1 is 0.321 bits per heavy atom. The number of aliphatic hydroxyl groups is 1. The van der Waals surface area contributed by atoms with Crippen LogP contribution in [0.5, 0.6) is 0 Å². The summed E-state index contributed by atoms with van der Waals surface area (Å²) in [6.45, 7) is 7.11. The van der Waals surface area contributed by atoms with Crippen LogP contribution in [0.3, 0.4) is 0 Å². The lowest BCUT2D eigenvalue weighted by molar-refractivity contribution is -0.161. The van der Waals surface area contributed by atoms with Crippen molar-refractivity contribution >= 4 is 39.5 Å². The van der Waals surface area contributed by atoms with Gasteiger partial charge in [-0.05, 0) is 31.6 Å². The zero-order valence-corrected chi connectivity index (χ0v) is 55.8. The Kier molecular flexibility index (Phi) is 57.4. The van der Waals surface area contributed by atoms with Gasteiger partial charge < -0.3 is 33.8 Å². The first-order valence-corrected chi connectivity index (χ1v) is 37.1. The molecular formula is C65H126O17P2. The van der Waals surface area contributed by atoms with Gasteiger partial charge >= 0.3 is 39.5 Å². The molecule has 5 atom stereocenters. The van der Waals surface area contributed by atoms with Crippen LogP contribution in [0.2, 0.25) is 0 Å². The Morgan fingerprint density at radius 3 is 0.810 bits per heavy atom. The first kappa shape index (κ1) is 82.1. The number of hydrogen-bond donors (Lipinski definition) is 3. The summed E-state index contributed by atoms with van der Waals surface area (Å²) in [5, 5.41) is 10.5. The Hall–Kier alpha value is -1.94. The van der Waals surface area contributed by atoms with E-state index in [9.17, 15) is 43.2 Å². The van der Waals surface area contributed by atoms with Gasteiger partial charge in [-0.15, -0.1) is 0 Å². The largest absolute Gasteiger partial charge is 0.472 e. The lowest BCUT2D eigenvalue weighted by Crippen LogP contribution is -2.30. The van der Waals surface area contributed by atoms with E-state index in [0.717, 1.165) is 109 Å². The van der Waals surface area contributed by atoms with Crippen LogP contribution < -0.4 is 0 Å². The molecule has 3 N–H and O–H groups in total. The number of carbonyl (C=O) groups is 4. The van der Waals surface area contributed by atoms with E-state index in [4.69, 9.17) is 37.0 Å². The van der Waals surface area contributed by atoms with E-state index in [0.29, 0.717) is 25.7 Å². The molecule has 0 saturated heterocycles. The number of carbonyl (C=O) groups excluding carboxylic acids is 4. The van der Waals surface area contributed by atoms with Crippen molar-refractivity contribution in [1.82, 2.24) is 0 Å². The molecule has 0 heterocycles. The number of rotatable bonds is 65. The average molecular weight is 1240 g/mol. The van der Waals surface area contributed by atoms with E-state index in [2.05, 4.69) is 34.6 Å². The fourth-order valence-electron chi connectivity index (χ4n) is 9.76. The number of esters is 4. The second kappa shape index (κ2) is 58.7. The molecule has 0 radical (unpaired) electrons. The van der Waals surface area contributed by atoms with E-state index < -0.39 is 97.5 Å². The summed E-state index contributed by atoms with van der Waals surface area (Å²) in [6, 6.07) is 0. The molecule has 0 aromatic carbocycles. The van der Waals surface area contributed by atoms with Gasteiger partial charge in [-0.1, -0.05) is 279 Å². The number of phosphoric ester groups is 2. The molecule has 0 bridgehead atoms. The van der Waals surface area contributed by atoms with Gasteiger partial charge in [0.2, 0.25) is 0 Å². The molecule has 0 spiro atoms. The summed E-state index contributed by atoms with van der Waals surface area (Å²) < 4.78 is 67.8. The van der Waals surface area contributed by atoms with Crippen LogP contribution in [-0.2, 0) is 65.4 Å². The number of hydrogen-bond acceptors (Lipinski definition) is 15. The lowest BCUT2D eigenvalue weighted by Gasteiger charge is -2.21. The van der Waals surface area contributed by atoms with Crippen LogP contribution in [0, 0.1) is 5.92 Å². The van der Waals surface area contributed by atoms with Gasteiger partial charge in [0.05, 0.1) is 26.4 Å². The number of unbranched alkanes of at least 4 members (excludes halogenated alkanes) is 37. The molecule has 0 aromatic rings. The van der Waals surface area contributed by atoms with Crippen LogP contribution in [0.15, 0.2) is 0 Å². The number of aliphatic hydroxyl groups excluding tert-OH is 1. The fraction of sp³-hybridized carbons (Fsp3) is 0.938. The molecule has 0 aromatic heterocycles. The van der Waals surface area contributed by atoms with Crippen molar-refractivity contribution in [3.05, 3.63) is 0 Å². The van der Waals surface area contributed by atoms with Crippen LogP contribution >= 0.6 is 15.6 Å². The standard InChI is InChI=1S/C65H126O17P2/c1-6-9-12-15-17-19-20-21-22-25-28-31-35-39-44-49-63(68)76-55-61(82-65(70)51-46-41-36-32-29-26-23-24-27-30-33-38-42-47-58(4)5)57-80-84(73,74)78-53-59(66)52-77-83(71,72)79-56-60(54-75-62(67)48-43-37-14-11-8-3)81-64(69)50-45-40-34-18-16-13-10-7-2/h58-61,66H,6-57H2,1-5H3,(H,71,72)(H,73,74)/t59-,60+,61+/m0/s1. The second-order valence-electron chi connectivity index (χ2n) is 24.0. The maximum Gasteiger partial charge on any atom is 0.472 e. The Balaban J connectivity index is 5.15. The molecule has 2 unspecified atom stereocenters. The maximum atomic E-state index is 13.0. The van der Waals surface area contributed by atoms with Crippen molar-refractivity contribution in [3.63, 3.8) is 0 Å². The zero-order valence-electron chi connectivity index (χ0n) is 54.0. The molecule has 0 aliphatic heterocycles. The summed E-state index contributed by atoms with van der Waals surface area (Å²) in [5.41, 5.74) is 0. The molecule has 0 saturated carbocycles. The predicted octanol–water partition coefficient (Wildman–Crippen LogP) is 18.2. The minimum absolute atomic E-state index is 0.104. The molecule has 84 heavy (non-hydrogen) atoms. The van der Waals surface area contributed by atoms with E-state index in [1.54, 1.807) is 0 Å². The lowest BCUT2D eigenvalue weighted by atomic mass is 10.0. The summed E-state index contributed by atoms with van der Waals surface area (Å²) in [4.78, 5) is 71.9. The fourth-order valence-corrected chi connectivity index (χ4v) is 11.3. The number of phosphoric acid groups is 2. The molecule has 17 nitrogen and oxygen atoms in total. The Labute approximate surface area is 511 Å². The Bertz CT molecular complexity index is 1640. The van der Waals surface area contributed by atoms with Gasteiger partial charge in [-0.25, -0.2) is 9.13 Å². The van der Waals surface area contributed by atoms with Gasteiger partial charge in [0, 0.05) is 25.7 Å². The highest BCUT2D eigenvalue weighted by molar-refractivity contribution is 7.47. The third-order valence-corrected chi connectivity index (χ3v) is 16.9. The van der Waals surface area contributed by atoms with Crippen molar-refractivity contribution in [1.29, 1.82) is 0 Å². The van der Waals surface area contributed by atoms with Gasteiger partial charge in [0.25, 0.3) is 0 Å². The van der Waals surface area contributed by atoms with Crippen LogP contribution in [-0.4, -0.2) is 96.7 Å². The average Bonchev–Trinajstić information content (AvgIpc) is 3.55. The van der Waals surface area contributed by atoms with Crippen molar-refractivity contribution in [2.45, 2.75) is 348 Å². The van der Waals surface area contributed by atoms with E-state index in [-0.39, 0.29) is 25.7 Å². The van der Waals surface area contributed by atoms with Crippen molar-refractivity contribution < 1.29 is 80.2 Å². The smallest absolute Gasteiger partial charge is 0.462 e. The molecule has 0 rings (SSSR count). The van der Waals surface area contributed by atoms with Gasteiger partial charge in [0.1, 0.15) is 19.3 Å². The normalized spacial score (nSPS) is 14.2. The molecule has 0 fully saturated rings. The monoisotopic (exact) mass is 1240 g/mol. The van der Waals surface area contributed by atoms with Crippen LogP contribution in [0.25, 0.3) is 0 Å². The summed E-state index contributed by atoms with van der Waals surface area (Å²) in [5.74, 6) is -1.36. The first-order valence-electron chi connectivity index (χ1n) is 34.1. The highest BCUT2D eigenvalue weighted by Crippen LogP contribution is 2.45. The van der Waals surface area contributed by atoms with Crippen molar-refractivity contribution in [2.75, 3.05) is 39.6 Å². The minimum Gasteiger partial charge on any atom is -0.462 e. The molecule has 0 aliphatic carbocycles. The van der Waals surface area contributed by atoms with Gasteiger partial charge in [0.15, 0.2) is 12.2 Å².